The molecule has 0 saturated carbocycles. The molecular formula is C18H21FN2O4S. The fraction of sp³-hybridized carbons (Fsp3) is 0.333. The van der Waals surface area contributed by atoms with Crippen LogP contribution in [0.4, 0.5) is 4.39 Å². The van der Waals surface area contributed by atoms with Crippen molar-refractivity contribution >= 4 is 10.0 Å². The van der Waals surface area contributed by atoms with Gasteiger partial charge in [-0.05, 0) is 17.7 Å². The second kappa shape index (κ2) is 7.61. The van der Waals surface area contributed by atoms with Gasteiger partial charge in [0.25, 0.3) is 0 Å². The third kappa shape index (κ3) is 3.67. The maximum absolute atomic E-state index is 13.6. The van der Waals surface area contributed by atoms with E-state index in [2.05, 4.69) is 5.32 Å². The van der Waals surface area contributed by atoms with E-state index in [9.17, 15) is 12.8 Å². The summed E-state index contributed by atoms with van der Waals surface area (Å²) >= 11 is 0. The van der Waals surface area contributed by atoms with Gasteiger partial charge in [0.2, 0.25) is 10.0 Å². The Morgan fingerprint density at radius 2 is 1.81 bits per heavy atom. The first-order valence-corrected chi connectivity index (χ1v) is 9.61. The molecule has 1 aliphatic heterocycles. The average molecular weight is 380 g/mol. The van der Waals surface area contributed by atoms with Gasteiger partial charge in [-0.3, -0.25) is 0 Å². The minimum atomic E-state index is -3.83. The van der Waals surface area contributed by atoms with Gasteiger partial charge in [0.1, 0.15) is 17.3 Å². The lowest BCUT2D eigenvalue weighted by Gasteiger charge is -2.35. The van der Waals surface area contributed by atoms with Gasteiger partial charge in [0.05, 0.1) is 25.2 Å². The number of benzene rings is 2. The molecule has 0 radical (unpaired) electrons. The minimum Gasteiger partial charge on any atom is -0.497 e. The van der Waals surface area contributed by atoms with Crippen molar-refractivity contribution < 1.29 is 22.3 Å². The highest BCUT2D eigenvalue weighted by atomic mass is 32.2. The molecule has 1 N–H and O–H groups in total. The fourth-order valence-electron chi connectivity index (χ4n) is 3.04. The van der Waals surface area contributed by atoms with E-state index in [-0.39, 0.29) is 11.4 Å². The summed E-state index contributed by atoms with van der Waals surface area (Å²) in [4.78, 5) is 0.0806. The highest BCUT2D eigenvalue weighted by Gasteiger charge is 2.35. The SMILES string of the molecule is COc1cc(OC)cc(S(=O)(=O)N2CCNCC2c2cccc(F)c2)c1. The molecule has 0 aliphatic carbocycles. The van der Waals surface area contributed by atoms with Crippen molar-refractivity contribution in [2.24, 2.45) is 0 Å². The Morgan fingerprint density at radius 3 is 2.42 bits per heavy atom. The van der Waals surface area contributed by atoms with E-state index in [1.165, 1.54) is 42.8 Å². The summed E-state index contributed by atoms with van der Waals surface area (Å²) in [6, 6.07) is 10.1. The van der Waals surface area contributed by atoms with Crippen LogP contribution in [0, 0.1) is 5.82 Å². The van der Waals surface area contributed by atoms with Crippen LogP contribution < -0.4 is 14.8 Å². The third-order valence-electron chi connectivity index (χ3n) is 4.36. The number of hydrogen-bond acceptors (Lipinski definition) is 5. The normalized spacial score (nSPS) is 18.5. The molecule has 1 unspecified atom stereocenters. The monoisotopic (exact) mass is 380 g/mol. The first-order valence-electron chi connectivity index (χ1n) is 8.17. The van der Waals surface area contributed by atoms with Crippen LogP contribution in [-0.4, -0.2) is 46.6 Å². The van der Waals surface area contributed by atoms with E-state index in [1.54, 1.807) is 18.2 Å². The number of hydrogen-bond donors (Lipinski definition) is 1. The van der Waals surface area contributed by atoms with Gasteiger partial charge in [-0.1, -0.05) is 12.1 Å². The largest absolute Gasteiger partial charge is 0.497 e. The van der Waals surface area contributed by atoms with Crippen LogP contribution >= 0.6 is 0 Å². The summed E-state index contributed by atoms with van der Waals surface area (Å²) in [5, 5.41) is 3.17. The van der Waals surface area contributed by atoms with E-state index in [1.807, 2.05) is 0 Å². The zero-order chi connectivity index (χ0) is 18.7. The summed E-state index contributed by atoms with van der Waals surface area (Å²) in [7, 11) is -0.899. The molecule has 8 heteroatoms. The molecule has 0 amide bonds. The van der Waals surface area contributed by atoms with Crippen LogP contribution in [0.2, 0.25) is 0 Å². The Bertz CT molecular complexity index is 866. The van der Waals surface area contributed by atoms with Crippen LogP contribution in [-0.2, 0) is 10.0 Å². The molecule has 0 bridgehead atoms. The third-order valence-corrected chi connectivity index (χ3v) is 6.25. The summed E-state index contributed by atoms with van der Waals surface area (Å²) < 4.78 is 52.0. The van der Waals surface area contributed by atoms with Gasteiger partial charge in [0.15, 0.2) is 0 Å². The number of piperazine rings is 1. The number of ether oxygens (including phenoxy) is 2. The summed E-state index contributed by atoms with van der Waals surface area (Å²) in [5.41, 5.74) is 0.607. The average Bonchev–Trinajstić information content (AvgIpc) is 2.67. The molecule has 1 aliphatic rings. The van der Waals surface area contributed by atoms with Crippen molar-refractivity contribution in [2.45, 2.75) is 10.9 Å². The summed E-state index contributed by atoms with van der Waals surface area (Å²) in [6.07, 6.45) is 0. The van der Waals surface area contributed by atoms with E-state index < -0.39 is 21.9 Å². The highest BCUT2D eigenvalue weighted by Crippen LogP contribution is 2.32. The van der Waals surface area contributed by atoms with Gasteiger partial charge in [-0.2, -0.15) is 4.31 Å². The molecule has 1 heterocycles. The Morgan fingerprint density at radius 1 is 1.12 bits per heavy atom. The smallest absolute Gasteiger partial charge is 0.243 e. The lowest BCUT2D eigenvalue weighted by molar-refractivity contribution is 0.270. The second-order valence-electron chi connectivity index (χ2n) is 5.94. The van der Waals surface area contributed by atoms with E-state index in [0.717, 1.165) is 0 Å². The minimum absolute atomic E-state index is 0.0806. The Balaban J connectivity index is 2.04. The number of rotatable bonds is 5. The molecular weight excluding hydrogens is 359 g/mol. The van der Waals surface area contributed by atoms with Gasteiger partial charge in [0, 0.05) is 37.8 Å². The number of methoxy groups -OCH3 is 2. The van der Waals surface area contributed by atoms with Crippen molar-refractivity contribution in [1.82, 2.24) is 9.62 Å². The lowest BCUT2D eigenvalue weighted by Crippen LogP contribution is -2.48. The van der Waals surface area contributed by atoms with Gasteiger partial charge < -0.3 is 14.8 Å². The number of nitrogens with one attached hydrogen (secondary N) is 1. The van der Waals surface area contributed by atoms with E-state index >= 15 is 0 Å². The van der Waals surface area contributed by atoms with Crippen molar-refractivity contribution in [2.75, 3.05) is 33.9 Å². The number of halogens is 1. The quantitative estimate of drug-likeness (QED) is 0.861. The Hall–Kier alpha value is -2.16. The first kappa shape index (κ1) is 18.6. The zero-order valence-corrected chi connectivity index (χ0v) is 15.4. The molecule has 1 atom stereocenters. The van der Waals surface area contributed by atoms with Crippen LogP contribution in [0.3, 0.4) is 0 Å². The molecule has 140 valence electrons. The molecule has 3 rings (SSSR count). The van der Waals surface area contributed by atoms with Crippen molar-refractivity contribution in [3.8, 4) is 11.5 Å². The van der Waals surface area contributed by atoms with Crippen LogP contribution in [0.25, 0.3) is 0 Å². The van der Waals surface area contributed by atoms with Crippen LogP contribution in [0.5, 0.6) is 11.5 Å². The molecule has 1 fully saturated rings. The van der Waals surface area contributed by atoms with Crippen molar-refractivity contribution in [3.05, 3.63) is 53.8 Å². The fourth-order valence-corrected chi connectivity index (χ4v) is 4.70. The van der Waals surface area contributed by atoms with Crippen molar-refractivity contribution in [3.63, 3.8) is 0 Å². The molecule has 0 aromatic heterocycles. The topological polar surface area (TPSA) is 67.9 Å². The molecule has 1 saturated heterocycles. The van der Waals surface area contributed by atoms with E-state index in [0.29, 0.717) is 30.2 Å². The lowest BCUT2D eigenvalue weighted by atomic mass is 10.1. The summed E-state index contributed by atoms with van der Waals surface area (Å²) in [6.45, 7) is 1.21. The summed E-state index contributed by atoms with van der Waals surface area (Å²) in [5.74, 6) is 0.384. The maximum Gasteiger partial charge on any atom is 0.243 e. The highest BCUT2D eigenvalue weighted by molar-refractivity contribution is 7.89. The van der Waals surface area contributed by atoms with Gasteiger partial charge in [-0.15, -0.1) is 0 Å². The zero-order valence-electron chi connectivity index (χ0n) is 14.6. The Labute approximate surface area is 152 Å². The predicted octanol–water partition coefficient (Wildman–Crippen LogP) is 2.18. The standard InChI is InChI=1S/C18H21FN2O4S/c1-24-15-9-16(25-2)11-17(10-15)26(22,23)21-7-6-20-12-18(21)13-4-3-5-14(19)8-13/h3-5,8-11,18,20H,6-7,12H2,1-2H3. The molecule has 2 aromatic carbocycles. The number of nitrogens with zero attached hydrogens (tertiary/aromatic N) is 1. The number of sulfonamides is 1. The van der Waals surface area contributed by atoms with E-state index in [4.69, 9.17) is 9.47 Å². The Kier molecular flexibility index (Phi) is 5.45. The van der Waals surface area contributed by atoms with Crippen LogP contribution in [0.15, 0.2) is 47.4 Å². The van der Waals surface area contributed by atoms with Gasteiger partial charge in [-0.25, -0.2) is 12.8 Å². The van der Waals surface area contributed by atoms with Crippen molar-refractivity contribution in [1.29, 1.82) is 0 Å². The molecule has 26 heavy (non-hydrogen) atoms. The second-order valence-corrected chi connectivity index (χ2v) is 7.83. The molecule has 2 aromatic rings. The van der Waals surface area contributed by atoms with Gasteiger partial charge >= 0.3 is 0 Å². The van der Waals surface area contributed by atoms with Crippen LogP contribution in [0.1, 0.15) is 11.6 Å². The maximum atomic E-state index is 13.6. The first-order chi connectivity index (χ1) is 12.5. The predicted molar refractivity (Wildman–Crippen MR) is 95.4 cm³/mol. The molecule has 0 spiro atoms. The molecule has 6 nitrogen and oxygen atoms in total.